The summed E-state index contributed by atoms with van der Waals surface area (Å²) in [5.74, 6) is 1.19. The van der Waals surface area contributed by atoms with E-state index < -0.39 is 5.60 Å². The lowest BCUT2D eigenvalue weighted by Crippen LogP contribution is -2.39. The molecule has 2 aromatic carbocycles. The largest absolute Gasteiger partial charge is 0.476 e. The number of fused-ring (bicyclic) bond motifs is 1. The van der Waals surface area contributed by atoms with Crippen molar-refractivity contribution in [3.63, 3.8) is 0 Å². The van der Waals surface area contributed by atoms with E-state index in [2.05, 4.69) is 35.0 Å². The van der Waals surface area contributed by atoms with Crippen molar-refractivity contribution in [1.29, 1.82) is 0 Å². The number of benzene rings is 2. The third-order valence-corrected chi connectivity index (χ3v) is 5.18. The molecule has 0 spiro atoms. The maximum absolute atomic E-state index is 12.1. The topological polar surface area (TPSA) is 49.7 Å². The van der Waals surface area contributed by atoms with Gasteiger partial charge in [-0.1, -0.05) is 12.1 Å². The highest BCUT2D eigenvalue weighted by atomic mass is 32.2. The molecular formula is C24H29NO4S. The van der Waals surface area contributed by atoms with Gasteiger partial charge in [0.25, 0.3) is 0 Å². The van der Waals surface area contributed by atoms with Gasteiger partial charge in [0.1, 0.15) is 11.5 Å². The number of aromatic nitrogens is 1. The Morgan fingerprint density at radius 1 is 1.10 bits per heavy atom. The summed E-state index contributed by atoms with van der Waals surface area (Å²) >= 11 is 1.35. The van der Waals surface area contributed by atoms with Gasteiger partial charge in [0.05, 0.1) is 18.6 Å². The molecular weight excluding hydrogens is 398 g/mol. The van der Waals surface area contributed by atoms with E-state index in [-0.39, 0.29) is 5.97 Å². The molecule has 0 saturated carbocycles. The van der Waals surface area contributed by atoms with Gasteiger partial charge in [-0.25, -0.2) is 4.79 Å². The molecule has 3 aromatic rings. The molecule has 1 aromatic heterocycles. The number of esters is 1. The fourth-order valence-electron chi connectivity index (χ4n) is 3.38. The van der Waals surface area contributed by atoms with Crippen LogP contribution in [0.2, 0.25) is 0 Å². The molecule has 0 saturated heterocycles. The number of aryl methyl sites for hydroxylation is 2. The maximum Gasteiger partial charge on any atom is 0.349 e. The number of nitrogens with zero attached hydrogens (tertiary/aromatic N) is 1. The normalized spacial score (nSPS) is 11.5. The fraction of sp³-hybridized carbons (Fsp3) is 0.375. The van der Waals surface area contributed by atoms with Gasteiger partial charge in [-0.2, -0.15) is 0 Å². The monoisotopic (exact) mass is 427 g/mol. The van der Waals surface area contributed by atoms with Crippen LogP contribution >= 0.6 is 12.0 Å². The van der Waals surface area contributed by atoms with Crippen molar-refractivity contribution in [2.24, 2.45) is 0 Å². The fourth-order valence-corrected chi connectivity index (χ4v) is 3.68. The molecule has 1 heterocycles. The molecule has 5 nitrogen and oxygen atoms in total. The molecule has 30 heavy (non-hydrogen) atoms. The molecule has 0 fully saturated rings. The second kappa shape index (κ2) is 9.94. The molecule has 0 atom stereocenters. The summed E-state index contributed by atoms with van der Waals surface area (Å²) in [4.78, 5) is 12.1. The Kier molecular flexibility index (Phi) is 7.32. The molecule has 0 unspecified atom stereocenters. The highest BCUT2D eigenvalue weighted by Crippen LogP contribution is 2.25. The second-order valence-electron chi connectivity index (χ2n) is 7.56. The van der Waals surface area contributed by atoms with E-state index >= 15 is 0 Å². The molecule has 0 aliphatic rings. The van der Waals surface area contributed by atoms with Crippen LogP contribution in [0.5, 0.6) is 11.5 Å². The van der Waals surface area contributed by atoms with Crippen LogP contribution < -0.4 is 8.92 Å². The highest BCUT2D eigenvalue weighted by Gasteiger charge is 2.31. The lowest BCUT2D eigenvalue weighted by atomic mass is 10.1. The summed E-state index contributed by atoms with van der Waals surface area (Å²) in [5.41, 5.74) is 1.37. The quantitative estimate of drug-likeness (QED) is 0.309. The Morgan fingerprint density at radius 2 is 1.93 bits per heavy atom. The number of rotatable bonds is 10. The van der Waals surface area contributed by atoms with Gasteiger partial charge in [-0.3, -0.25) is 0 Å². The average Bonchev–Trinajstić information content (AvgIpc) is 3.11. The second-order valence-corrected chi connectivity index (χ2v) is 8.06. The van der Waals surface area contributed by atoms with Crippen LogP contribution in [0.1, 0.15) is 32.8 Å². The first kappa shape index (κ1) is 22.1. The predicted molar refractivity (Wildman–Crippen MR) is 122 cm³/mol. The SMILES string of the molecule is CCOC(=O)C(C)(C)Oc1cccc(CCCn2ccc3cc(OSC)ccc32)c1. The third-order valence-electron chi connectivity index (χ3n) is 4.82. The van der Waals surface area contributed by atoms with E-state index in [0.29, 0.717) is 12.4 Å². The van der Waals surface area contributed by atoms with Gasteiger partial charge in [-0.15, -0.1) is 0 Å². The van der Waals surface area contributed by atoms with Gasteiger partial charge in [-0.05, 0) is 75.6 Å². The van der Waals surface area contributed by atoms with E-state index in [9.17, 15) is 4.79 Å². The lowest BCUT2D eigenvalue weighted by Gasteiger charge is -2.24. The van der Waals surface area contributed by atoms with Crippen LogP contribution in [0.15, 0.2) is 54.7 Å². The molecule has 3 rings (SSSR count). The minimum Gasteiger partial charge on any atom is -0.476 e. The summed E-state index contributed by atoms with van der Waals surface area (Å²) in [6.07, 6.45) is 5.95. The minimum absolute atomic E-state index is 0.339. The standard InChI is InChI=1S/C24H29NO4S/c1-5-27-23(26)24(2,3)28-20-10-6-8-18(16-20)9-7-14-25-15-13-19-17-21(29-30-4)11-12-22(19)25/h6,8,10-13,15-17H,5,7,9,14H2,1-4H3. The van der Waals surface area contributed by atoms with E-state index in [1.807, 2.05) is 30.5 Å². The molecule has 0 N–H and O–H groups in total. The van der Waals surface area contributed by atoms with E-state index in [4.69, 9.17) is 13.7 Å². The summed E-state index contributed by atoms with van der Waals surface area (Å²) in [7, 11) is 0. The molecule has 160 valence electrons. The van der Waals surface area contributed by atoms with Gasteiger partial charge < -0.3 is 18.2 Å². The Labute approximate surface area is 182 Å². The van der Waals surface area contributed by atoms with E-state index in [1.54, 1.807) is 20.8 Å². The zero-order valence-corrected chi connectivity index (χ0v) is 18.8. The Hall–Kier alpha value is -2.60. The van der Waals surface area contributed by atoms with Crippen LogP contribution in [-0.2, 0) is 22.5 Å². The maximum atomic E-state index is 12.1. The molecule has 0 radical (unpaired) electrons. The molecule has 0 aliphatic carbocycles. The van der Waals surface area contributed by atoms with Gasteiger partial charge in [0.2, 0.25) is 0 Å². The molecule has 0 bridgehead atoms. The third kappa shape index (κ3) is 5.51. The van der Waals surface area contributed by atoms with Crippen LogP contribution in [0, 0.1) is 0 Å². The zero-order chi connectivity index (χ0) is 21.6. The van der Waals surface area contributed by atoms with Crippen molar-refractivity contribution in [3.05, 3.63) is 60.3 Å². The van der Waals surface area contributed by atoms with Gasteiger partial charge in [0.15, 0.2) is 5.60 Å². The first-order chi connectivity index (χ1) is 14.4. The van der Waals surface area contributed by atoms with Crippen molar-refractivity contribution < 1.29 is 18.5 Å². The van der Waals surface area contributed by atoms with Crippen LogP contribution in [0.4, 0.5) is 0 Å². The summed E-state index contributed by atoms with van der Waals surface area (Å²) in [5, 5.41) is 1.18. The van der Waals surface area contributed by atoms with Crippen LogP contribution in [0.3, 0.4) is 0 Å². The molecule has 6 heteroatoms. The minimum atomic E-state index is -1.02. The predicted octanol–water partition coefficient (Wildman–Crippen LogP) is 5.65. The van der Waals surface area contributed by atoms with Crippen LogP contribution in [0.25, 0.3) is 10.9 Å². The molecule has 0 amide bonds. The van der Waals surface area contributed by atoms with Crippen molar-refractivity contribution in [1.82, 2.24) is 4.57 Å². The zero-order valence-electron chi connectivity index (χ0n) is 18.0. The molecule has 0 aliphatic heterocycles. The lowest BCUT2D eigenvalue weighted by molar-refractivity contribution is -0.158. The van der Waals surface area contributed by atoms with Crippen LogP contribution in [-0.4, -0.2) is 29.0 Å². The summed E-state index contributed by atoms with van der Waals surface area (Å²) in [6, 6.07) is 16.2. The van der Waals surface area contributed by atoms with Crippen molar-refractivity contribution >= 4 is 28.9 Å². The highest BCUT2D eigenvalue weighted by molar-refractivity contribution is 7.94. The summed E-state index contributed by atoms with van der Waals surface area (Å²) in [6.45, 7) is 6.51. The summed E-state index contributed by atoms with van der Waals surface area (Å²) < 4.78 is 18.8. The van der Waals surface area contributed by atoms with E-state index in [0.717, 1.165) is 25.1 Å². The number of hydrogen-bond acceptors (Lipinski definition) is 5. The smallest absolute Gasteiger partial charge is 0.349 e. The van der Waals surface area contributed by atoms with Gasteiger partial charge in [0, 0.05) is 29.9 Å². The average molecular weight is 428 g/mol. The first-order valence-electron chi connectivity index (χ1n) is 10.2. The van der Waals surface area contributed by atoms with Crippen molar-refractivity contribution in [2.75, 3.05) is 12.9 Å². The van der Waals surface area contributed by atoms with Crippen molar-refractivity contribution in [3.8, 4) is 11.5 Å². The number of carbonyl (C=O) groups is 1. The number of carbonyl (C=O) groups excluding carboxylic acids is 1. The van der Waals surface area contributed by atoms with Crippen molar-refractivity contribution in [2.45, 2.75) is 45.8 Å². The first-order valence-corrected chi connectivity index (χ1v) is 11.3. The van der Waals surface area contributed by atoms with E-state index in [1.165, 1.54) is 28.5 Å². The Balaban J connectivity index is 1.60. The number of hydrogen-bond donors (Lipinski definition) is 0. The number of ether oxygens (including phenoxy) is 2. The Bertz CT molecular complexity index is 996. The Morgan fingerprint density at radius 3 is 2.70 bits per heavy atom. The van der Waals surface area contributed by atoms with Gasteiger partial charge >= 0.3 is 5.97 Å².